The number of aryl methyl sites for hydroxylation is 1. The fourth-order valence-electron chi connectivity index (χ4n) is 3.93. The first-order chi connectivity index (χ1) is 17.0. The number of fused-ring (bicyclic) bond motifs is 1. The summed E-state index contributed by atoms with van der Waals surface area (Å²) in [4.78, 5) is 43.4. The Morgan fingerprint density at radius 1 is 1.20 bits per heavy atom. The second-order valence-electron chi connectivity index (χ2n) is 8.50. The van der Waals surface area contributed by atoms with Crippen molar-refractivity contribution in [1.82, 2.24) is 14.9 Å². The number of hydrogen-bond acceptors (Lipinski definition) is 7. The van der Waals surface area contributed by atoms with Crippen molar-refractivity contribution in [2.45, 2.75) is 37.6 Å². The molecule has 35 heavy (non-hydrogen) atoms. The van der Waals surface area contributed by atoms with Crippen molar-refractivity contribution < 1.29 is 19.1 Å². The SMILES string of the molecule is COCCNC(=O)c1ccc2c(=O)n(C[C@@H]3CCCO3)c(SCC(=O)c3ccc(C)cc3)nc2c1. The van der Waals surface area contributed by atoms with E-state index in [2.05, 4.69) is 5.32 Å². The number of benzene rings is 2. The molecule has 1 aromatic heterocycles. The summed E-state index contributed by atoms with van der Waals surface area (Å²) in [6.45, 7) is 3.81. The van der Waals surface area contributed by atoms with Crippen molar-refractivity contribution in [3.05, 3.63) is 69.5 Å². The maximum Gasteiger partial charge on any atom is 0.262 e. The van der Waals surface area contributed by atoms with Crippen LogP contribution in [-0.2, 0) is 16.0 Å². The summed E-state index contributed by atoms with van der Waals surface area (Å²) >= 11 is 1.23. The monoisotopic (exact) mass is 495 g/mol. The molecule has 3 aromatic rings. The Morgan fingerprint density at radius 2 is 1.97 bits per heavy atom. The third kappa shape index (κ3) is 6.17. The molecule has 0 unspecified atom stereocenters. The van der Waals surface area contributed by atoms with Crippen LogP contribution < -0.4 is 10.9 Å². The zero-order valence-electron chi connectivity index (χ0n) is 19.9. The summed E-state index contributed by atoms with van der Waals surface area (Å²) in [6, 6.07) is 12.3. The summed E-state index contributed by atoms with van der Waals surface area (Å²) in [7, 11) is 1.57. The van der Waals surface area contributed by atoms with Crippen LogP contribution in [0.2, 0.25) is 0 Å². The molecule has 4 rings (SSSR count). The number of nitrogens with zero attached hydrogens (tertiary/aromatic N) is 2. The van der Waals surface area contributed by atoms with Crippen molar-refractivity contribution in [3.63, 3.8) is 0 Å². The van der Waals surface area contributed by atoms with Crippen LogP contribution >= 0.6 is 11.8 Å². The van der Waals surface area contributed by atoms with E-state index in [1.807, 2.05) is 19.1 Å². The van der Waals surface area contributed by atoms with Gasteiger partial charge in [0, 0.05) is 31.4 Å². The minimum atomic E-state index is -0.266. The molecule has 9 heteroatoms. The van der Waals surface area contributed by atoms with Gasteiger partial charge < -0.3 is 14.8 Å². The van der Waals surface area contributed by atoms with E-state index in [-0.39, 0.29) is 29.1 Å². The summed E-state index contributed by atoms with van der Waals surface area (Å²) in [5, 5.41) is 3.64. The zero-order valence-corrected chi connectivity index (χ0v) is 20.7. The summed E-state index contributed by atoms with van der Waals surface area (Å²) in [6.07, 6.45) is 1.76. The number of hydrogen-bond donors (Lipinski definition) is 1. The molecule has 0 radical (unpaired) electrons. The Morgan fingerprint density at radius 3 is 2.69 bits per heavy atom. The normalized spacial score (nSPS) is 15.4. The number of rotatable bonds is 10. The highest BCUT2D eigenvalue weighted by atomic mass is 32.2. The number of aromatic nitrogens is 2. The van der Waals surface area contributed by atoms with Gasteiger partial charge in [0.2, 0.25) is 0 Å². The molecule has 0 bridgehead atoms. The lowest BCUT2D eigenvalue weighted by atomic mass is 10.1. The van der Waals surface area contributed by atoms with E-state index in [0.29, 0.717) is 53.5 Å². The number of amides is 1. The number of carbonyl (C=O) groups is 2. The van der Waals surface area contributed by atoms with Crippen LogP contribution in [0.4, 0.5) is 0 Å². The Labute approximate surface area is 208 Å². The lowest BCUT2D eigenvalue weighted by Crippen LogP contribution is -2.29. The molecule has 2 heterocycles. The number of nitrogens with one attached hydrogen (secondary N) is 1. The lowest BCUT2D eigenvalue weighted by Gasteiger charge is -2.16. The summed E-state index contributed by atoms with van der Waals surface area (Å²) in [5.74, 6) is -0.165. The molecule has 2 aromatic carbocycles. The number of Topliss-reactive ketones (excluding diaryl/α,β-unsaturated/α-hetero) is 1. The topological polar surface area (TPSA) is 99.5 Å². The fourth-order valence-corrected chi connectivity index (χ4v) is 4.83. The van der Waals surface area contributed by atoms with Gasteiger partial charge >= 0.3 is 0 Å². The summed E-state index contributed by atoms with van der Waals surface area (Å²) in [5.41, 5.74) is 2.32. The quantitative estimate of drug-likeness (QED) is 0.200. The number of ketones is 1. The van der Waals surface area contributed by atoms with Crippen LogP contribution in [0.1, 0.15) is 39.1 Å². The molecule has 1 aliphatic rings. The maximum atomic E-state index is 13.4. The van der Waals surface area contributed by atoms with Gasteiger partial charge in [0.05, 0.1) is 35.9 Å². The third-order valence-electron chi connectivity index (χ3n) is 5.89. The molecular weight excluding hydrogens is 466 g/mol. The van der Waals surface area contributed by atoms with Gasteiger partial charge in [-0.25, -0.2) is 4.98 Å². The van der Waals surface area contributed by atoms with Crippen molar-refractivity contribution >= 4 is 34.4 Å². The average Bonchev–Trinajstić information content (AvgIpc) is 3.38. The van der Waals surface area contributed by atoms with Crippen molar-refractivity contribution in [2.24, 2.45) is 0 Å². The van der Waals surface area contributed by atoms with E-state index < -0.39 is 0 Å². The average molecular weight is 496 g/mol. The van der Waals surface area contributed by atoms with Crippen molar-refractivity contribution in [3.8, 4) is 0 Å². The predicted molar refractivity (Wildman–Crippen MR) is 135 cm³/mol. The summed E-state index contributed by atoms with van der Waals surface area (Å²) < 4.78 is 12.3. The second kappa shape index (κ2) is 11.6. The Bertz CT molecular complexity index is 1270. The van der Waals surface area contributed by atoms with Gasteiger partial charge in [0.1, 0.15) is 0 Å². The number of methoxy groups -OCH3 is 1. The van der Waals surface area contributed by atoms with Crippen molar-refractivity contribution in [1.29, 1.82) is 0 Å². The third-order valence-corrected chi connectivity index (χ3v) is 6.87. The Hall–Kier alpha value is -3.01. The molecule has 1 atom stereocenters. The maximum absolute atomic E-state index is 13.4. The highest BCUT2D eigenvalue weighted by Gasteiger charge is 2.21. The van der Waals surface area contributed by atoms with Crippen LogP contribution in [0.15, 0.2) is 52.4 Å². The first kappa shape index (κ1) is 25.1. The lowest BCUT2D eigenvalue weighted by molar-refractivity contribution is 0.0935. The van der Waals surface area contributed by atoms with Gasteiger partial charge in [-0.3, -0.25) is 19.0 Å². The first-order valence-corrected chi connectivity index (χ1v) is 12.6. The van der Waals surface area contributed by atoms with E-state index in [1.165, 1.54) is 11.8 Å². The van der Waals surface area contributed by atoms with Crippen LogP contribution in [0.3, 0.4) is 0 Å². The molecule has 1 saturated heterocycles. The van der Waals surface area contributed by atoms with Gasteiger partial charge in [0.25, 0.3) is 11.5 Å². The minimum Gasteiger partial charge on any atom is -0.383 e. The van der Waals surface area contributed by atoms with Crippen molar-refractivity contribution in [2.75, 3.05) is 32.6 Å². The van der Waals surface area contributed by atoms with Crippen LogP contribution in [-0.4, -0.2) is 60.0 Å². The van der Waals surface area contributed by atoms with Gasteiger partial charge in [-0.05, 0) is 38.0 Å². The molecule has 1 amide bonds. The Balaban J connectivity index is 1.64. The predicted octanol–water partition coefficient (Wildman–Crippen LogP) is 3.24. The first-order valence-electron chi connectivity index (χ1n) is 11.6. The fraction of sp³-hybridized carbons (Fsp3) is 0.385. The van der Waals surface area contributed by atoms with Crippen LogP contribution in [0, 0.1) is 6.92 Å². The van der Waals surface area contributed by atoms with Gasteiger partial charge in [-0.1, -0.05) is 41.6 Å². The number of thioether (sulfide) groups is 1. The van der Waals surface area contributed by atoms with E-state index in [1.54, 1.807) is 42.0 Å². The van der Waals surface area contributed by atoms with E-state index in [4.69, 9.17) is 14.5 Å². The smallest absolute Gasteiger partial charge is 0.262 e. The molecule has 1 aliphatic heterocycles. The molecule has 0 saturated carbocycles. The highest BCUT2D eigenvalue weighted by Crippen LogP contribution is 2.23. The van der Waals surface area contributed by atoms with E-state index in [0.717, 1.165) is 18.4 Å². The molecule has 0 aliphatic carbocycles. The highest BCUT2D eigenvalue weighted by molar-refractivity contribution is 7.99. The van der Waals surface area contributed by atoms with Gasteiger partial charge in [0.15, 0.2) is 10.9 Å². The second-order valence-corrected chi connectivity index (χ2v) is 9.45. The molecule has 1 N–H and O–H groups in total. The molecule has 1 fully saturated rings. The van der Waals surface area contributed by atoms with E-state index in [9.17, 15) is 14.4 Å². The van der Waals surface area contributed by atoms with Crippen LogP contribution in [0.5, 0.6) is 0 Å². The zero-order chi connectivity index (χ0) is 24.8. The molecular formula is C26H29N3O5S. The largest absolute Gasteiger partial charge is 0.383 e. The molecule has 8 nitrogen and oxygen atoms in total. The molecule has 0 spiro atoms. The standard InChI is InChI=1S/C26H29N3O5S/c1-17-5-7-18(8-6-17)23(30)16-35-26-28-22-14-19(24(31)27-11-13-33-2)9-10-21(22)25(32)29(26)15-20-4-3-12-34-20/h5-10,14,20H,3-4,11-13,15-16H2,1-2H3,(H,27,31)/t20-/m0/s1. The van der Waals surface area contributed by atoms with Gasteiger partial charge in [-0.2, -0.15) is 0 Å². The molecule has 184 valence electrons. The number of ether oxygens (including phenoxy) is 2. The van der Waals surface area contributed by atoms with E-state index >= 15 is 0 Å². The number of carbonyl (C=O) groups excluding carboxylic acids is 2. The Kier molecular flexibility index (Phi) is 8.33. The minimum absolute atomic E-state index is 0.0423. The van der Waals surface area contributed by atoms with Crippen LogP contribution in [0.25, 0.3) is 10.9 Å². The van der Waals surface area contributed by atoms with Gasteiger partial charge in [-0.15, -0.1) is 0 Å².